The number of ether oxygens (including phenoxy) is 2. The second kappa shape index (κ2) is 12.1. The van der Waals surface area contributed by atoms with Gasteiger partial charge in [0.2, 0.25) is 0 Å². The van der Waals surface area contributed by atoms with Gasteiger partial charge < -0.3 is 24.7 Å². The average Bonchev–Trinajstić information content (AvgIpc) is 3.18. The number of aromatic nitrogens is 2. The number of sulfone groups is 1. The van der Waals surface area contributed by atoms with Crippen molar-refractivity contribution < 1.29 is 44.6 Å². The number of hydrogen-bond acceptors (Lipinski definition) is 6. The number of alkyl halides is 3. The number of nitrogens with zero attached hydrogens (tertiary/aromatic N) is 2. The molecule has 40 heavy (non-hydrogen) atoms. The Labute approximate surface area is 228 Å². The van der Waals surface area contributed by atoms with Crippen LogP contribution >= 0.6 is 0 Å². The molecule has 0 aliphatic heterocycles. The zero-order valence-corrected chi connectivity index (χ0v) is 24.0. The predicted molar refractivity (Wildman–Crippen MR) is 142 cm³/mol. The van der Waals surface area contributed by atoms with E-state index < -0.39 is 64.2 Å². The Balaban J connectivity index is 1.86. The molecular weight excluding hydrogens is 579 g/mol. The second-order valence-corrected chi connectivity index (χ2v) is 18.1. The van der Waals surface area contributed by atoms with Crippen molar-refractivity contribution in [2.75, 3.05) is 30.5 Å². The molecule has 0 aliphatic rings. The van der Waals surface area contributed by atoms with Crippen LogP contribution in [0.1, 0.15) is 5.56 Å². The van der Waals surface area contributed by atoms with Crippen LogP contribution in [0.5, 0.6) is 11.5 Å². The van der Waals surface area contributed by atoms with Crippen molar-refractivity contribution in [2.45, 2.75) is 38.6 Å². The molecule has 16 heteroatoms. The summed E-state index contributed by atoms with van der Waals surface area (Å²) in [6.45, 7) is 6.28. The molecule has 0 saturated carbocycles. The molecule has 0 atom stereocenters. The summed E-state index contributed by atoms with van der Waals surface area (Å²) in [6.07, 6.45) is -1.91. The summed E-state index contributed by atoms with van der Waals surface area (Å²) in [5.74, 6) is -4.45. The normalized spacial score (nSPS) is 12.5. The molecule has 0 bridgehead atoms. The van der Waals surface area contributed by atoms with Crippen LogP contribution < -0.4 is 15.4 Å². The molecule has 3 rings (SSSR count). The fourth-order valence-corrected chi connectivity index (χ4v) is 4.72. The summed E-state index contributed by atoms with van der Waals surface area (Å²) in [6, 6.07) is 2.33. The quantitative estimate of drug-likeness (QED) is 0.167. The fraction of sp³-hybridized carbons (Fsp3) is 0.417. The molecule has 0 radical (unpaired) electrons. The summed E-state index contributed by atoms with van der Waals surface area (Å²) < 4.78 is 106. The Morgan fingerprint density at radius 2 is 1.80 bits per heavy atom. The van der Waals surface area contributed by atoms with Crippen LogP contribution in [0, 0.1) is 11.6 Å². The summed E-state index contributed by atoms with van der Waals surface area (Å²) in [5, 5.41) is 3.86. The highest BCUT2D eigenvalue weighted by molar-refractivity contribution is 7.90. The van der Waals surface area contributed by atoms with Gasteiger partial charge >= 0.3 is 12.2 Å². The van der Waals surface area contributed by atoms with Crippen LogP contribution in [-0.4, -0.2) is 57.2 Å². The van der Waals surface area contributed by atoms with Crippen molar-refractivity contribution in [3.05, 3.63) is 47.8 Å². The molecule has 220 valence electrons. The lowest BCUT2D eigenvalue weighted by atomic mass is 10.2. The van der Waals surface area contributed by atoms with Gasteiger partial charge in [-0.05, 0) is 12.1 Å². The highest BCUT2D eigenvalue weighted by Crippen LogP contribution is 2.42. The largest absolute Gasteiger partial charge is 0.450 e. The van der Waals surface area contributed by atoms with E-state index in [1.165, 1.54) is 0 Å². The first-order valence-electron chi connectivity index (χ1n) is 12.0. The Morgan fingerprint density at radius 1 is 1.15 bits per heavy atom. The fourth-order valence-electron chi connectivity index (χ4n) is 3.49. The van der Waals surface area contributed by atoms with Crippen LogP contribution in [0.15, 0.2) is 30.6 Å². The van der Waals surface area contributed by atoms with Gasteiger partial charge in [-0.25, -0.2) is 27.0 Å². The standard InChI is InChI=1S/C24H29F5N4O5SSi/c1-39(35,36)9-7-31-23(34)32-15-11-17(25)21(18(26)12-15)38-19-5-6-30-22-20(19)16(24(27,28)29)13-33(22)14-37-8-10-40(2,3)4/h5-6,11-13H,7-10,14H2,1-4H3,(H2,31,32,34). The van der Waals surface area contributed by atoms with E-state index >= 15 is 0 Å². The number of carbonyl (C=O) groups is 1. The predicted octanol–water partition coefficient (Wildman–Crippen LogP) is 5.60. The maximum atomic E-state index is 14.8. The number of fused-ring (bicyclic) bond motifs is 1. The third kappa shape index (κ3) is 8.63. The molecule has 2 aromatic heterocycles. The van der Waals surface area contributed by atoms with E-state index in [4.69, 9.17) is 9.47 Å². The van der Waals surface area contributed by atoms with Crippen molar-refractivity contribution in [3.8, 4) is 11.5 Å². The number of hydrogen-bond donors (Lipinski definition) is 2. The number of pyridine rings is 1. The van der Waals surface area contributed by atoms with E-state index in [0.717, 1.165) is 35.3 Å². The number of benzene rings is 1. The lowest BCUT2D eigenvalue weighted by molar-refractivity contribution is -0.136. The topological polar surface area (TPSA) is 112 Å². The van der Waals surface area contributed by atoms with Gasteiger partial charge in [0.25, 0.3) is 0 Å². The van der Waals surface area contributed by atoms with Gasteiger partial charge in [0, 0.05) is 57.7 Å². The number of anilines is 1. The van der Waals surface area contributed by atoms with E-state index in [9.17, 15) is 35.2 Å². The average molecular weight is 609 g/mol. The van der Waals surface area contributed by atoms with Crippen LogP contribution in [0.3, 0.4) is 0 Å². The van der Waals surface area contributed by atoms with Crippen LogP contribution in [0.25, 0.3) is 11.0 Å². The molecule has 9 nitrogen and oxygen atoms in total. The number of urea groups is 1. The Bertz CT molecular complexity index is 1470. The lowest BCUT2D eigenvalue weighted by Gasteiger charge is -2.15. The van der Waals surface area contributed by atoms with Crippen molar-refractivity contribution >= 4 is 40.7 Å². The van der Waals surface area contributed by atoms with Gasteiger partial charge in [0.1, 0.15) is 28.0 Å². The molecule has 0 aliphatic carbocycles. The zero-order valence-electron chi connectivity index (χ0n) is 22.2. The summed E-state index contributed by atoms with van der Waals surface area (Å²) in [7, 11) is -4.77. The van der Waals surface area contributed by atoms with Gasteiger partial charge in [-0.15, -0.1) is 0 Å². The Morgan fingerprint density at radius 3 is 2.38 bits per heavy atom. The van der Waals surface area contributed by atoms with Gasteiger partial charge in [0.05, 0.1) is 16.7 Å². The monoisotopic (exact) mass is 608 g/mol. The number of halogens is 5. The number of amides is 2. The van der Waals surface area contributed by atoms with Gasteiger partial charge in [0.15, 0.2) is 17.4 Å². The number of carbonyl (C=O) groups excluding carboxylic acids is 1. The minimum absolute atomic E-state index is 0.150. The highest BCUT2D eigenvalue weighted by Gasteiger charge is 2.37. The third-order valence-electron chi connectivity index (χ3n) is 5.48. The van der Waals surface area contributed by atoms with Crippen LogP contribution in [0.2, 0.25) is 25.7 Å². The van der Waals surface area contributed by atoms with Crippen LogP contribution in [-0.2, 0) is 27.5 Å². The van der Waals surface area contributed by atoms with Crippen molar-refractivity contribution in [1.29, 1.82) is 0 Å². The summed E-state index contributed by atoms with van der Waals surface area (Å²) >= 11 is 0. The first-order chi connectivity index (χ1) is 18.4. The zero-order chi connectivity index (χ0) is 29.9. The van der Waals surface area contributed by atoms with E-state index in [-0.39, 0.29) is 30.4 Å². The van der Waals surface area contributed by atoms with E-state index in [2.05, 4.69) is 35.3 Å². The minimum atomic E-state index is -4.84. The molecule has 1 aromatic carbocycles. The lowest BCUT2D eigenvalue weighted by Crippen LogP contribution is -2.32. The molecule has 2 amide bonds. The Hall–Kier alpha value is -3.24. The van der Waals surface area contributed by atoms with Crippen molar-refractivity contribution in [1.82, 2.24) is 14.9 Å². The summed E-state index contributed by atoms with van der Waals surface area (Å²) in [4.78, 5) is 15.9. The smallest absolute Gasteiger partial charge is 0.418 e. The minimum Gasteiger partial charge on any atom is -0.450 e. The van der Waals surface area contributed by atoms with Crippen LogP contribution in [0.4, 0.5) is 32.4 Å². The third-order valence-corrected chi connectivity index (χ3v) is 8.13. The van der Waals surface area contributed by atoms with Gasteiger partial charge in [-0.1, -0.05) is 19.6 Å². The first-order valence-corrected chi connectivity index (χ1v) is 17.7. The molecule has 0 fully saturated rings. The maximum Gasteiger partial charge on any atom is 0.418 e. The van der Waals surface area contributed by atoms with E-state index in [1.807, 2.05) is 0 Å². The molecule has 0 spiro atoms. The summed E-state index contributed by atoms with van der Waals surface area (Å²) in [5.41, 5.74) is -1.61. The molecular formula is C24H29F5N4O5SSi. The van der Waals surface area contributed by atoms with Gasteiger partial charge in [-0.2, -0.15) is 13.2 Å². The number of rotatable bonds is 11. The molecule has 2 heterocycles. The molecule has 3 aromatic rings. The number of nitrogens with one attached hydrogen (secondary N) is 2. The second-order valence-electron chi connectivity index (χ2n) is 10.2. The van der Waals surface area contributed by atoms with Gasteiger partial charge in [-0.3, -0.25) is 0 Å². The van der Waals surface area contributed by atoms with E-state index in [0.29, 0.717) is 18.7 Å². The highest BCUT2D eigenvalue weighted by atomic mass is 32.2. The van der Waals surface area contributed by atoms with Crippen molar-refractivity contribution in [3.63, 3.8) is 0 Å². The SMILES string of the molecule is C[Si](C)(C)CCOCn1cc(C(F)(F)F)c2c(Oc3c(F)cc(NC(=O)NCCS(C)(=O)=O)cc3F)ccnc21. The van der Waals surface area contributed by atoms with E-state index in [1.54, 1.807) is 0 Å². The van der Waals surface area contributed by atoms with Crippen molar-refractivity contribution in [2.24, 2.45) is 0 Å². The molecule has 0 unspecified atom stereocenters. The maximum absolute atomic E-state index is 14.8. The molecule has 0 saturated heterocycles. The first kappa shape index (κ1) is 31.3. The Kier molecular flexibility index (Phi) is 9.46. The molecule has 2 N–H and O–H groups in total.